The minimum absolute atomic E-state index is 0.204. The van der Waals surface area contributed by atoms with Crippen molar-refractivity contribution in [1.82, 2.24) is 25.1 Å². The van der Waals surface area contributed by atoms with Gasteiger partial charge in [0, 0.05) is 5.56 Å². The molecular formula is C20H20ClN7O3. The number of hydrogen-bond acceptors (Lipinski definition) is 8. The van der Waals surface area contributed by atoms with Crippen molar-refractivity contribution in [3.05, 3.63) is 39.8 Å². The number of cyclic esters (lactones) is 1. The molecule has 11 heteroatoms. The van der Waals surface area contributed by atoms with Crippen LogP contribution < -0.4 is 15.8 Å². The molecule has 2 atom stereocenters. The summed E-state index contributed by atoms with van der Waals surface area (Å²) in [7, 11) is 0. The molecule has 0 radical (unpaired) electrons. The summed E-state index contributed by atoms with van der Waals surface area (Å²) in [5.74, 6) is 0.772. The van der Waals surface area contributed by atoms with Gasteiger partial charge in [0.15, 0.2) is 11.8 Å². The third kappa shape index (κ3) is 3.37. The summed E-state index contributed by atoms with van der Waals surface area (Å²) in [6.45, 7) is 6.11. The summed E-state index contributed by atoms with van der Waals surface area (Å²) >= 11 is 6.49. The summed E-state index contributed by atoms with van der Waals surface area (Å²) in [6.07, 6.45) is 0.112. The number of benzene rings is 1. The topological polar surface area (TPSA) is 141 Å². The Morgan fingerprint density at radius 2 is 2.29 bits per heavy atom. The maximum atomic E-state index is 11.7. The van der Waals surface area contributed by atoms with Gasteiger partial charge >= 0.3 is 6.09 Å². The SMILES string of the molecule is CCOc1c([C@H](C)n2nc(C)c3c(N)ncnc32)cc(Cl)c(C#N)c1C1CNC(=O)O1. The number of anilines is 1. The van der Waals surface area contributed by atoms with Crippen LogP contribution in [0.1, 0.15) is 48.4 Å². The van der Waals surface area contributed by atoms with Crippen molar-refractivity contribution < 1.29 is 14.3 Å². The van der Waals surface area contributed by atoms with Gasteiger partial charge < -0.3 is 20.5 Å². The highest BCUT2D eigenvalue weighted by Gasteiger charge is 2.34. The van der Waals surface area contributed by atoms with E-state index in [1.54, 1.807) is 10.7 Å². The van der Waals surface area contributed by atoms with E-state index >= 15 is 0 Å². The van der Waals surface area contributed by atoms with Crippen LogP contribution in [0.15, 0.2) is 12.4 Å². The van der Waals surface area contributed by atoms with Gasteiger partial charge in [0.05, 0.1) is 46.4 Å². The Balaban J connectivity index is 1.95. The van der Waals surface area contributed by atoms with Crippen molar-refractivity contribution in [1.29, 1.82) is 5.26 Å². The molecule has 1 aliphatic rings. The number of nitrogens with zero attached hydrogens (tertiary/aromatic N) is 5. The number of aromatic nitrogens is 4. The van der Waals surface area contributed by atoms with Crippen LogP contribution in [0.5, 0.6) is 5.75 Å². The number of carbonyl (C=O) groups is 1. The van der Waals surface area contributed by atoms with E-state index in [1.165, 1.54) is 6.33 Å². The van der Waals surface area contributed by atoms with E-state index < -0.39 is 12.2 Å². The first-order chi connectivity index (χ1) is 14.9. The molecule has 3 N–H and O–H groups in total. The maximum absolute atomic E-state index is 11.7. The lowest BCUT2D eigenvalue weighted by atomic mass is 9.95. The van der Waals surface area contributed by atoms with E-state index in [2.05, 4.69) is 26.5 Å². The van der Waals surface area contributed by atoms with Gasteiger partial charge in [0.1, 0.15) is 24.0 Å². The van der Waals surface area contributed by atoms with Crippen LogP contribution in [0, 0.1) is 18.3 Å². The summed E-state index contributed by atoms with van der Waals surface area (Å²) in [6, 6.07) is 3.40. The lowest BCUT2D eigenvalue weighted by Crippen LogP contribution is -2.16. The third-order valence-electron chi connectivity index (χ3n) is 5.21. The first-order valence-corrected chi connectivity index (χ1v) is 10.0. The fourth-order valence-corrected chi connectivity index (χ4v) is 4.09. The zero-order valence-electron chi connectivity index (χ0n) is 17.1. The Bertz CT molecular complexity index is 1230. The fourth-order valence-electron chi connectivity index (χ4n) is 3.83. The van der Waals surface area contributed by atoms with Crippen LogP contribution >= 0.6 is 11.6 Å². The second kappa shape index (κ2) is 7.92. The number of amides is 1. The monoisotopic (exact) mass is 441 g/mol. The van der Waals surface area contributed by atoms with E-state index in [1.807, 2.05) is 20.8 Å². The molecule has 3 heterocycles. The number of nitrogens with one attached hydrogen (secondary N) is 1. The molecule has 1 unspecified atom stereocenters. The van der Waals surface area contributed by atoms with Crippen LogP contribution in [0.3, 0.4) is 0 Å². The number of rotatable bonds is 5. The summed E-state index contributed by atoms with van der Waals surface area (Å²) in [5.41, 5.74) is 8.59. The predicted molar refractivity (Wildman–Crippen MR) is 113 cm³/mol. The average Bonchev–Trinajstić information content (AvgIpc) is 3.32. The molecule has 0 aliphatic carbocycles. The maximum Gasteiger partial charge on any atom is 0.407 e. The van der Waals surface area contributed by atoms with Crippen molar-refractivity contribution in [3.8, 4) is 11.8 Å². The quantitative estimate of drug-likeness (QED) is 0.615. The molecule has 1 amide bonds. The largest absolute Gasteiger partial charge is 0.493 e. The lowest BCUT2D eigenvalue weighted by Gasteiger charge is -2.23. The zero-order valence-corrected chi connectivity index (χ0v) is 17.9. The van der Waals surface area contributed by atoms with Gasteiger partial charge in [-0.2, -0.15) is 10.4 Å². The molecule has 0 bridgehead atoms. The second-order valence-electron chi connectivity index (χ2n) is 7.05. The van der Waals surface area contributed by atoms with Crippen molar-refractivity contribution in [2.45, 2.75) is 32.9 Å². The van der Waals surface area contributed by atoms with Gasteiger partial charge in [-0.05, 0) is 26.8 Å². The third-order valence-corrected chi connectivity index (χ3v) is 5.51. The number of nitriles is 1. The Kier molecular flexibility index (Phi) is 5.29. The number of fused-ring (bicyclic) bond motifs is 1. The van der Waals surface area contributed by atoms with Gasteiger partial charge in [-0.25, -0.2) is 19.4 Å². The number of aryl methyl sites for hydroxylation is 1. The first-order valence-electron chi connectivity index (χ1n) is 9.66. The number of nitrogen functional groups attached to an aromatic ring is 1. The number of ether oxygens (including phenoxy) is 2. The molecule has 10 nitrogen and oxygen atoms in total. The number of halogens is 1. The van der Waals surface area contributed by atoms with E-state index in [9.17, 15) is 10.1 Å². The highest BCUT2D eigenvalue weighted by molar-refractivity contribution is 6.32. The number of nitrogens with two attached hydrogens (primary N) is 1. The average molecular weight is 442 g/mol. The molecule has 2 aromatic heterocycles. The summed E-state index contributed by atoms with van der Waals surface area (Å²) in [4.78, 5) is 20.1. The Labute approximate surface area is 182 Å². The highest BCUT2D eigenvalue weighted by atomic mass is 35.5. The molecule has 1 saturated heterocycles. The highest BCUT2D eigenvalue weighted by Crippen LogP contribution is 2.43. The van der Waals surface area contributed by atoms with Gasteiger partial charge in [0.25, 0.3) is 0 Å². The Hall–Kier alpha value is -3.58. The van der Waals surface area contributed by atoms with Crippen LogP contribution in [-0.4, -0.2) is 39.0 Å². The Morgan fingerprint density at radius 3 is 2.94 bits per heavy atom. The first kappa shape index (κ1) is 20.7. The molecule has 3 aromatic rings. The molecule has 1 fully saturated rings. The predicted octanol–water partition coefficient (Wildman–Crippen LogP) is 3.03. The molecule has 1 aliphatic heterocycles. The fraction of sp³-hybridized carbons (Fsp3) is 0.350. The van der Waals surface area contributed by atoms with Crippen molar-refractivity contribution in [3.63, 3.8) is 0 Å². The standard InChI is InChI=1S/C20H20ClN7O3/c1-4-30-17-11(5-13(21)12(6-22)16(17)14-7-24-20(29)31-14)10(3)28-19-15(9(2)27-28)18(23)25-8-26-19/h5,8,10,14H,4,7H2,1-3H3,(H,24,29)(H2,23,25,26)/t10-,14?/m0/s1. The second-order valence-corrected chi connectivity index (χ2v) is 7.46. The normalized spacial score (nSPS) is 16.6. The summed E-state index contributed by atoms with van der Waals surface area (Å²) in [5, 5.41) is 17.9. The number of alkyl carbamates (subject to hydrolysis) is 1. The van der Waals surface area contributed by atoms with E-state index in [0.717, 1.165) is 0 Å². The molecular weight excluding hydrogens is 422 g/mol. The van der Waals surface area contributed by atoms with Crippen LogP contribution in [0.25, 0.3) is 11.0 Å². The number of carbonyl (C=O) groups excluding carboxylic acids is 1. The molecule has 4 rings (SSSR count). The van der Waals surface area contributed by atoms with Crippen molar-refractivity contribution in [2.24, 2.45) is 0 Å². The van der Waals surface area contributed by atoms with Crippen LogP contribution in [0.2, 0.25) is 5.02 Å². The van der Waals surface area contributed by atoms with Gasteiger partial charge in [-0.3, -0.25) is 0 Å². The van der Waals surface area contributed by atoms with Crippen LogP contribution in [0.4, 0.5) is 10.6 Å². The number of hydrogen-bond donors (Lipinski definition) is 2. The van der Waals surface area contributed by atoms with Crippen molar-refractivity contribution in [2.75, 3.05) is 18.9 Å². The smallest absolute Gasteiger partial charge is 0.407 e. The molecule has 0 spiro atoms. The van der Waals surface area contributed by atoms with Crippen molar-refractivity contribution >= 4 is 34.5 Å². The van der Waals surface area contributed by atoms with Crippen LogP contribution in [-0.2, 0) is 4.74 Å². The molecule has 0 saturated carbocycles. The Morgan fingerprint density at radius 1 is 1.52 bits per heavy atom. The van der Waals surface area contributed by atoms with E-state index in [4.69, 9.17) is 26.8 Å². The molecule has 160 valence electrons. The van der Waals surface area contributed by atoms with Gasteiger partial charge in [-0.15, -0.1) is 0 Å². The van der Waals surface area contributed by atoms with E-state index in [0.29, 0.717) is 46.0 Å². The molecule has 31 heavy (non-hydrogen) atoms. The minimum atomic E-state index is -0.706. The zero-order chi connectivity index (χ0) is 22.3. The van der Waals surface area contributed by atoms with E-state index in [-0.39, 0.29) is 23.2 Å². The summed E-state index contributed by atoms with van der Waals surface area (Å²) < 4.78 is 13.0. The van der Waals surface area contributed by atoms with Gasteiger partial charge in [0.2, 0.25) is 0 Å². The molecule has 1 aromatic carbocycles. The van der Waals surface area contributed by atoms with Gasteiger partial charge in [-0.1, -0.05) is 11.6 Å². The lowest BCUT2D eigenvalue weighted by molar-refractivity contribution is 0.138. The minimum Gasteiger partial charge on any atom is -0.493 e.